The fourth-order valence-corrected chi connectivity index (χ4v) is 3.14. The molecule has 2 rings (SSSR count). The van der Waals surface area contributed by atoms with Crippen molar-refractivity contribution in [2.45, 2.75) is 40.0 Å². The average Bonchev–Trinajstić information content (AvgIpc) is 2.44. The minimum absolute atomic E-state index is 0.0172. The highest BCUT2D eigenvalue weighted by Gasteiger charge is 2.18. The summed E-state index contributed by atoms with van der Waals surface area (Å²) >= 11 is 12.0. The molecule has 0 saturated carbocycles. The van der Waals surface area contributed by atoms with Crippen LogP contribution in [0.1, 0.15) is 53.4 Å². The molecule has 2 aromatic carbocycles. The highest BCUT2D eigenvalue weighted by molar-refractivity contribution is 6.35. The standard InChI is InChI=1S/C21H22Cl2O/c1-13-10-16(21(3,4)5)11-14(2)20(13)19(24)9-7-15-6-8-17(22)12-18(15)23/h6-12H,1-5H3/b9-7+. The van der Waals surface area contributed by atoms with E-state index in [2.05, 4.69) is 32.9 Å². The van der Waals surface area contributed by atoms with Gasteiger partial charge in [0.25, 0.3) is 0 Å². The number of benzene rings is 2. The van der Waals surface area contributed by atoms with Crippen molar-refractivity contribution in [2.75, 3.05) is 0 Å². The van der Waals surface area contributed by atoms with Gasteiger partial charge in [0.1, 0.15) is 0 Å². The SMILES string of the molecule is Cc1cc(C(C)(C)C)cc(C)c1C(=O)/C=C/c1ccc(Cl)cc1Cl. The zero-order chi connectivity index (χ0) is 18.1. The predicted octanol–water partition coefficient (Wildman–Crippen LogP) is 6.80. The molecule has 0 aliphatic carbocycles. The van der Waals surface area contributed by atoms with E-state index in [1.165, 1.54) is 5.56 Å². The first-order chi connectivity index (χ1) is 11.1. The van der Waals surface area contributed by atoms with Crippen LogP contribution in [0.5, 0.6) is 0 Å². The second kappa shape index (κ2) is 7.13. The van der Waals surface area contributed by atoms with Crippen LogP contribution in [0.25, 0.3) is 6.08 Å². The van der Waals surface area contributed by atoms with Crippen molar-refractivity contribution in [2.24, 2.45) is 0 Å². The molecule has 0 spiro atoms. The summed E-state index contributed by atoms with van der Waals surface area (Å²) in [6, 6.07) is 9.43. The molecule has 0 saturated heterocycles. The normalized spacial score (nSPS) is 12.0. The fourth-order valence-electron chi connectivity index (χ4n) is 2.67. The van der Waals surface area contributed by atoms with Gasteiger partial charge in [-0.2, -0.15) is 0 Å². The van der Waals surface area contributed by atoms with E-state index >= 15 is 0 Å². The minimum atomic E-state index is -0.0172. The third-order valence-electron chi connectivity index (χ3n) is 4.02. The number of ketones is 1. The number of aryl methyl sites for hydroxylation is 2. The largest absolute Gasteiger partial charge is 0.289 e. The molecule has 24 heavy (non-hydrogen) atoms. The maximum Gasteiger partial charge on any atom is 0.186 e. The van der Waals surface area contributed by atoms with Crippen LogP contribution in [0.4, 0.5) is 0 Å². The van der Waals surface area contributed by atoms with Crippen LogP contribution >= 0.6 is 23.2 Å². The molecule has 0 radical (unpaired) electrons. The molecular formula is C21H22Cl2O. The molecular weight excluding hydrogens is 339 g/mol. The van der Waals surface area contributed by atoms with E-state index in [4.69, 9.17) is 23.2 Å². The molecule has 126 valence electrons. The van der Waals surface area contributed by atoms with E-state index in [0.717, 1.165) is 22.3 Å². The lowest BCUT2D eigenvalue weighted by Gasteiger charge is -2.21. The maximum atomic E-state index is 12.6. The summed E-state index contributed by atoms with van der Waals surface area (Å²) in [5, 5.41) is 1.11. The quantitative estimate of drug-likeness (QED) is 0.434. The molecule has 0 amide bonds. The van der Waals surface area contributed by atoms with Crippen molar-refractivity contribution in [1.82, 2.24) is 0 Å². The summed E-state index contributed by atoms with van der Waals surface area (Å²) in [7, 11) is 0. The monoisotopic (exact) mass is 360 g/mol. The second-order valence-corrected chi connectivity index (χ2v) is 7.94. The lowest BCUT2D eigenvalue weighted by atomic mass is 9.83. The van der Waals surface area contributed by atoms with Gasteiger partial charge in [0.15, 0.2) is 5.78 Å². The fraction of sp³-hybridized carbons (Fsp3) is 0.286. The van der Waals surface area contributed by atoms with Crippen LogP contribution < -0.4 is 0 Å². The molecule has 1 nitrogen and oxygen atoms in total. The Labute approximate surface area is 154 Å². The number of allylic oxidation sites excluding steroid dienone is 1. The summed E-state index contributed by atoms with van der Waals surface area (Å²) in [6.45, 7) is 10.5. The van der Waals surface area contributed by atoms with Crippen LogP contribution in [0.15, 0.2) is 36.4 Å². The molecule has 0 atom stereocenters. The average molecular weight is 361 g/mol. The molecule has 0 fully saturated rings. The lowest BCUT2D eigenvalue weighted by molar-refractivity contribution is 0.104. The van der Waals surface area contributed by atoms with Gasteiger partial charge in [-0.3, -0.25) is 4.79 Å². The number of halogens is 2. The van der Waals surface area contributed by atoms with Gasteiger partial charge in [-0.15, -0.1) is 0 Å². The Morgan fingerprint density at radius 2 is 1.58 bits per heavy atom. The van der Waals surface area contributed by atoms with Crippen molar-refractivity contribution >= 4 is 35.1 Å². The van der Waals surface area contributed by atoms with Gasteiger partial charge in [0.2, 0.25) is 0 Å². The van der Waals surface area contributed by atoms with E-state index < -0.39 is 0 Å². The van der Waals surface area contributed by atoms with Crippen LogP contribution in [0.3, 0.4) is 0 Å². The molecule has 0 bridgehead atoms. The van der Waals surface area contributed by atoms with Crippen molar-refractivity contribution in [1.29, 1.82) is 0 Å². The number of hydrogen-bond donors (Lipinski definition) is 0. The Hall–Kier alpha value is -1.57. The van der Waals surface area contributed by atoms with E-state index in [1.54, 1.807) is 30.4 Å². The molecule has 0 aliphatic heterocycles. The van der Waals surface area contributed by atoms with Crippen LogP contribution in [0.2, 0.25) is 10.0 Å². The topological polar surface area (TPSA) is 17.1 Å². The van der Waals surface area contributed by atoms with Crippen LogP contribution in [0, 0.1) is 13.8 Å². The smallest absolute Gasteiger partial charge is 0.186 e. The van der Waals surface area contributed by atoms with Crippen molar-refractivity contribution < 1.29 is 4.79 Å². The predicted molar refractivity (Wildman–Crippen MR) is 104 cm³/mol. The van der Waals surface area contributed by atoms with Gasteiger partial charge < -0.3 is 0 Å². The van der Waals surface area contributed by atoms with Crippen molar-refractivity contribution in [3.8, 4) is 0 Å². The molecule has 0 aromatic heterocycles. The zero-order valence-electron chi connectivity index (χ0n) is 14.7. The van der Waals surface area contributed by atoms with E-state index in [9.17, 15) is 4.79 Å². The zero-order valence-corrected chi connectivity index (χ0v) is 16.2. The number of carbonyl (C=O) groups is 1. The number of rotatable bonds is 3. The first kappa shape index (κ1) is 18.8. The molecule has 3 heteroatoms. The summed E-state index contributed by atoms with van der Waals surface area (Å²) in [5.74, 6) is -0.0172. The minimum Gasteiger partial charge on any atom is -0.289 e. The highest BCUT2D eigenvalue weighted by atomic mass is 35.5. The number of hydrogen-bond acceptors (Lipinski definition) is 1. The van der Waals surface area contributed by atoms with Gasteiger partial charge in [0.05, 0.1) is 0 Å². The molecule has 0 heterocycles. The van der Waals surface area contributed by atoms with Crippen LogP contribution in [-0.4, -0.2) is 5.78 Å². The van der Waals surface area contributed by atoms with Crippen LogP contribution in [-0.2, 0) is 5.41 Å². The van der Waals surface area contributed by atoms with Crippen molar-refractivity contribution in [3.63, 3.8) is 0 Å². The summed E-state index contributed by atoms with van der Waals surface area (Å²) in [5.41, 5.74) is 4.82. The Morgan fingerprint density at radius 1 is 1.00 bits per heavy atom. The summed E-state index contributed by atoms with van der Waals surface area (Å²) in [4.78, 5) is 12.6. The van der Waals surface area contributed by atoms with Crippen molar-refractivity contribution in [3.05, 3.63) is 74.3 Å². The van der Waals surface area contributed by atoms with E-state index in [0.29, 0.717) is 10.0 Å². The first-order valence-corrected chi connectivity index (χ1v) is 8.64. The Kier molecular flexibility index (Phi) is 5.57. The number of carbonyl (C=O) groups excluding carboxylic acids is 1. The first-order valence-electron chi connectivity index (χ1n) is 7.89. The van der Waals surface area contributed by atoms with Gasteiger partial charge in [-0.05, 0) is 65.8 Å². The Morgan fingerprint density at radius 3 is 2.08 bits per heavy atom. The Balaban J connectivity index is 2.35. The second-order valence-electron chi connectivity index (χ2n) is 7.10. The highest BCUT2D eigenvalue weighted by Crippen LogP contribution is 2.28. The third kappa shape index (κ3) is 4.28. The molecule has 0 aliphatic rings. The van der Waals surface area contributed by atoms with Gasteiger partial charge in [-0.25, -0.2) is 0 Å². The lowest BCUT2D eigenvalue weighted by Crippen LogP contribution is -2.13. The van der Waals surface area contributed by atoms with Gasteiger partial charge >= 0.3 is 0 Å². The molecule has 0 unspecified atom stereocenters. The van der Waals surface area contributed by atoms with E-state index in [-0.39, 0.29) is 11.2 Å². The Bertz CT molecular complexity index is 788. The van der Waals surface area contributed by atoms with E-state index in [1.807, 2.05) is 13.8 Å². The summed E-state index contributed by atoms with van der Waals surface area (Å²) in [6.07, 6.45) is 3.30. The summed E-state index contributed by atoms with van der Waals surface area (Å²) < 4.78 is 0. The molecule has 0 N–H and O–H groups in total. The van der Waals surface area contributed by atoms with Gasteiger partial charge in [0, 0.05) is 15.6 Å². The maximum absolute atomic E-state index is 12.6. The molecule has 2 aromatic rings. The third-order valence-corrected chi connectivity index (χ3v) is 4.58. The van der Waals surface area contributed by atoms with Gasteiger partial charge in [-0.1, -0.05) is 62.2 Å².